The Kier molecular flexibility index (Phi) is 5.94. The van der Waals surface area contributed by atoms with Crippen LogP contribution in [0.3, 0.4) is 0 Å². The summed E-state index contributed by atoms with van der Waals surface area (Å²) in [6.07, 6.45) is 1.94. The highest BCUT2D eigenvalue weighted by molar-refractivity contribution is 8.00. The van der Waals surface area contributed by atoms with Gasteiger partial charge in [-0.1, -0.05) is 23.9 Å². The predicted molar refractivity (Wildman–Crippen MR) is 117 cm³/mol. The second-order valence-electron chi connectivity index (χ2n) is 7.14. The van der Waals surface area contributed by atoms with Crippen molar-refractivity contribution in [2.45, 2.75) is 43.1 Å². The number of thioether (sulfide) groups is 1. The normalized spacial score (nSPS) is 14.3. The number of carbonyl (C=O) groups is 2. The SMILES string of the molecule is CCOc1ccc(-n2c(SC(C)C(=O)NC(=O)NC3CC3)nc3ccccc32)cc1. The number of imide groups is 1. The molecule has 0 spiro atoms. The van der Waals surface area contributed by atoms with Crippen LogP contribution >= 0.6 is 11.8 Å². The summed E-state index contributed by atoms with van der Waals surface area (Å²) in [6, 6.07) is 15.4. The fraction of sp³-hybridized carbons (Fsp3) is 0.318. The van der Waals surface area contributed by atoms with Crippen molar-refractivity contribution < 1.29 is 14.3 Å². The number of carbonyl (C=O) groups excluding carboxylic acids is 2. The number of imidazole rings is 1. The number of amides is 3. The van der Waals surface area contributed by atoms with Crippen LogP contribution < -0.4 is 15.4 Å². The number of hydrogen-bond acceptors (Lipinski definition) is 5. The molecule has 0 radical (unpaired) electrons. The molecule has 1 aliphatic carbocycles. The summed E-state index contributed by atoms with van der Waals surface area (Å²) in [4.78, 5) is 29.1. The van der Waals surface area contributed by atoms with E-state index < -0.39 is 11.3 Å². The van der Waals surface area contributed by atoms with Crippen LogP contribution in [0.4, 0.5) is 4.79 Å². The standard InChI is InChI=1S/C22H24N4O3S/c1-3-29-17-12-10-16(11-13-17)26-19-7-5-4-6-18(19)24-22(26)30-14(2)20(27)25-21(28)23-15-8-9-15/h4-7,10-15H,3,8-9H2,1-2H3,(H2,23,25,27,28). The molecule has 1 saturated carbocycles. The van der Waals surface area contributed by atoms with Crippen molar-refractivity contribution in [2.24, 2.45) is 0 Å². The fourth-order valence-electron chi connectivity index (χ4n) is 3.06. The van der Waals surface area contributed by atoms with E-state index >= 15 is 0 Å². The van der Waals surface area contributed by atoms with Crippen LogP contribution in [0.5, 0.6) is 5.75 Å². The summed E-state index contributed by atoms with van der Waals surface area (Å²) in [6.45, 7) is 4.32. The lowest BCUT2D eigenvalue weighted by Crippen LogP contribution is -2.43. The first-order valence-electron chi connectivity index (χ1n) is 10.0. The maximum absolute atomic E-state index is 12.5. The third-order valence-electron chi connectivity index (χ3n) is 4.74. The molecule has 1 atom stereocenters. The van der Waals surface area contributed by atoms with Gasteiger partial charge in [-0.3, -0.25) is 14.7 Å². The van der Waals surface area contributed by atoms with E-state index in [2.05, 4.69) is 10.6 Å². The van der Waals surface area contributed by atoms with E-state index in [1.54, 1.807) is 6.92 Å². The molecule has 0 saturated heterocycles. The molecule has 3 amide bonds. The number of benzene rings is 2. The second-order valence-corrected chi connectivity index (χ2v) is 8.45. The van der Waals surface area contributed by atoms with Crippen molar-refractivity contribution in [1.82, 2.24) is 20.2 Å². The first-order chi connectivity index (χ1) is 14.5. The molecule has 1 aromatic heterocycles. The van der Waals surface area contributed by atoms with Crippen molar-refractivity contribution in [3.05, 3.63) is 48.5 Å². The average molecular weight is 425 g/mol. The first-order valence-corrected chi connectivity index (χ1v) is 10.9. The van der Waals surface area contributed by atoms with Gasteiger partial charge in [0.15, 0.2) is 5.16 Å². The van der Waals surface area contributed by atoms with Gasteiger partial charge in [0.1, 0.15) is 5.75 Å². The van der Waals surface area contributed by atoms with Gasteiger partial charge in [-0.05, 0) is 63.1 Å². The third kappa shape index (κ3) is 4.59. The second kappa shape index (κ2) is 8.79. The highest BCUT2D eigenvalue weighted by Crippen LogP contribution is 2.31. The molecule has 7 nitrogen and oxygen atoms in total. The Labute approximate surface area is 179 Å². The largest absolute Gasteiger partial charge is 0.494 e. The van der Waals surface area contributed by atoms with Crippen molar-refractivity contribution in [3.8, 4) is 11.4 Å². The van der Waals surface area contributed by atoms with Crippen LogP contribution in [0.15, 0.2) is 53.7 Å². The Balaban J connectivity index is 1.57. The highest BCUT2D eigenvalue weighted by atomic mass is 32.2. The number of urea groups is 1. The van der Waals surface area contributed by atoms with Crippen LogP contribution in [-0.4, -0.2) is 39.4 Å². The van der Waals surface area contributed by atoms with Gasteiger partial charge in [0, 0.05) is 11.7 Å². The van der Waals surface area contributed by atoms with Crippen molar-refractivity contribution >= 4 is 34.7 Å². The predicted octanol–water partition coefficient (Wildman–Crippen LogP) is 3.89. The zero-order chi connectivity index (χ0) is 21.1. The molecule has 1 aliphatic rings. The van der Waals surface area contributed by atoms with Gasteiger partial charge in [-0.25, -0.2) is 9.78 Å². The Bertz CT molecular complexity index is 1060. The topological polar surface area (TPSA) is 85.2 Å². The first kappa shape index (κ1) is 20.3. The summed E-state index contributed by atoms with van der Waals surface area (Å²) < 4.78 is 7.56. The Hall–Kier alpha value is -3.00. The minimum Gasteiger partial charge on any atom is -0.494 e. The fourth-order valence-corrected chi connectivity index (χ4v) is 4.01. The maximum Gasteiger partial charge on any atom is 0.321 e. The third-order valence-corrected chi connectivity index (χ3v) is 5.79. The summed E-state index contributed by atoms with van der Waals surface area (Å²) in [7, 11) is 0. The molecule has 1 unspecified atom stereocenters. The van der Waals surface area contributed by atoms with Gasteiger partial charge in [0.05, 0.1) is 22.9 Å². The van der Waals surface area contributed by atoms with Gasteiger partial charge in [-0.15, -0.1) is 0 Å². The molecule has 8 heteroatoms. The quantitative estimate of drug-likeness (QED) is 0.562. The summed E-state index contributed by atoms with van der Waals surface area (Å²) in [5, 5.41) is 5.38. The minimum atomic E-state index is -0.492. The molecule has 4 rings (SSSR count). The van der Waals surface area contributed by atoms with E-state index in [9.17, 15) is 9.59 Å². The van der Waals surface area contributed by atoms with Crippen LogP contribution in [0.2, 0.25) is 0 Å². The number of aromatic nitrogens is 2. The van der Waals surface area contributed by atoms with Crippen molar-refractivity contribution in [3.63, 3.8) is 0 Å². The zero-order valence-corrected chi connectivity index (χ0v) is 17.7. The van der Waals surface area contributed by atoms with Gasteiger partial charge in [0.25, 0.3) is 0 Å². The van der Waals surface area contributed by atoms with E-state index in [4.69, 9.17) is 9.72 Å². The van der Waals surface area contributed by atoms with E-state index in [0.29, 0.717) is 11.8 Å². The van der Waals surface area contributed by atoms with Crippen LogP contribution in [0, 0.1) is 0 Å². The molecule has 1 heterocycles. The Morgan fingerprint density at radius 1 is 1.20 bits per heavy atom. The lowest BCUT2D eigenvalue weighted by Gasteiger charge is -2.14. The average Bonchev–Trinajstić information content (AvgIpc) is 3.47. The zero-order valence-electron chi connectivity index (χ0n) is 16.9. The molecular formula is C22H24N4O3S. The van der Waals surface area contributed by atoms with Crippen LogP contribution in [-0.2, 0) is 4.79 Å². The molecule has 1 fully saturated rings. The van der Waals surface area contributed by atoms with E-state index in [0.717, 1.165) is 35.3 Å². The van der Waals surface area contributed by atoms with E-state index in [-0.39, 0.29) is 11.9 Å². The molecule has 2 N–H and O–H groups in total. The molecule has 2 aromatic carbocycles. The molecule has 0 aliphatic heterocycles. The maximum atomic E-state index is 12.5. The number of ether oxygens (including phenoxy) is 1. The summed E-state index contributed by atoms with van der Waals surface area (Å²) in [5.41, 5.74) is 2.71. The lowest BCUT2D eigenvalue weighted by molar-refractivity contribution is -0.119. The molecule has 156 valence electrons. The lowest BCUT2D eigenvalue weighted by atomic mass is 10.2. The highest BCUT2D eigenvalue weighted by Gasteiger charge is 2.26. The minimum absolute atomic E-state index is 0.199. The van der Waals surface area contributed by atoms with Crippen LogP contribution in [0.1, 0.15) is 26.7 Å². The molecule has 30 heavy (non-hydrogen) atoms. The molecule has 3 aromatic rings. The Morgan fingerprint density at radius 2 is 1.93 bits per heavy atom. The van der Waals surface area contributed by atoms with E-state index in [1.807, 2.05) is 60.0 Å². The van der Waals surface area contributed by atoms with Gasteiger partial charge < -0.3 is 10.1 Å². The number of hydrogen-bond donors (Lipinski definition) is 2. The van der Waals surface area contributed by atoms with Gasteiger partial charge in [0.2, 0.25) is 5.91 Å². The van der Waals surface area contributed by atoms with Gasteiger partial charge >= 0.3 is 6.03 Å². The summed E-state index contributed by atoms with van der Waals surface area (Å²) >= 11 is 1.32. The van der Waals surface area contributed by atoms with Crippen molar-refractivity contribution in [1.29, 1.82) is 0 Å². The number of fused-ring (bicyclic) bond motifs is 1. The number of para-hydroxylation sites is 2. The smallest absolute Gasteiger partial charge is 0.321 e. The Morgan fingerprint density at radius 3 is 2.63 bits per heavy atom. The number of nitrogens with zero attached hydrogens (tertiary/aromatic N) is 2. The molecule has 0 bridgehead atoms. The molecular weight excluding hydrogens is 400 g/mol. The number of nitrogens with one attached hydrogen (secondary N) is 2. The monoisotopic (exact) mass is 424 g/mol. The van der Waals surface area contributed by atoms with Gasteiger partial charge in [-0.2, -0.15) is 0 Å². The van der Waals surface area contributed by atoms with Crippen LogP contribution in [0.25, 0.3) is 16.7 Å². The van der Waals surface area contributed by atoms with E-state index in [1.165, 1.54) is 11.8 Å². The van der Waals surface area contributed by atoms with Crippen molar-refractivity contribution in [2.75, 3.05) is 6.61 Å². The number of rotatable bonds is 7. The summed E-state index contributed by atoms with van der Waals surface area (Å²) in [5.74, 6) is 0.456.